The quantitative estimate of drug-likeness (QED) is 0.725. The van der Waals surface area contributed by atoms with Gasteiger partial charge in [0.1, 0.15) is 12.4 Å². The van der Waals surface area contributed by atoms with Crippen LogP contribution >= 0.6 is 0 Å². The Bertz CT molecular complexity index is 686. The molecule has 3 atom stereocenters. The summed E-state index contributed by atoms with van der Waals surface area (Å²) in [6.45, 7) is 7.10. The molecule has 3 aliphatic rings. The topological polar surface area (TPSA) is 65.5 Å². The SMILES string of the molecule is CN(C(=O)c1ccc(OCCN2CCCC2)cc1)[C@@H]1CC[C@@H](N2CCOCC2)[C@@H]1O. The van der Waals surface area contributed by atoms with Crippen LogP contribution in [0.1, 0.15) is 36.0 Å². The van der Waals surface area contributed by atoms with Gasteiger partial charge in [-0.05, 0) is 63.0 Å². The monoisotopic (exact) mass is 417 g/mol. The van der Waals surface area contributed by atoms with E-state index in [1.807, 2.05) is 24.3 Å². The number of carbonyl (C=O) groups is 1. The Morgan fingerprint density at radius 3 is 2.53 bits per heavy atom. The highest BCUT2D eigenvalue weighted by Gasteiger charge is 2.41. The second-order valence-electron chi connectivity index (χ2n) is 8.69. The van der Waals surface area contributed by atoms with Crippen LogP contribution in [0.15, 0.2) is 24.3 Å². The van der Waals surface area contributed by atoms with Crippen molar-refractivity contribution in [1.29, 1.82) is 0 Å². The lowest BCUT2D eigenvalue weighted by molar-refractivity contribution is -0.0231. The molecule has 0 radical (unpaired) electrons. The second kappa shape index (κ2) is 10.1. The lowest BCUT2D eigenvalue weighted by Gasteiger charge is -2.36. The number of carbonyl (C=O) groups excluding carboxylic acids is 1. The first-order valence-corrected chi connectivity index (χ1v) is 11.4. The summed E-state index contributed by atoms with van der Waals surface area (Å²) < 4.78 is 11.3. The Balaban J connectivity index is 1.28. The third-order valence-corrected chi connectivity index (χ3v) is 6.86. The van der Waals surface area contributed by atoms with Gasteiger partial charge in [0.2, 0.25) is 0 Å². The molecule has 2 heterocycles. The lowest BCUT2D eigenvalue weighted by Crippen LogP contribution is -2.51. The molecule has 166 valence electrons. The number of amides is 1. The molecule has 0 unspecified atom stereocenters. The molecule has 1 saturated carbocycles. The van der Waals surface area contributed by atoms with E-state index in [9.17, 15) is 9.90 Å². The molecule has 1 amide bonds. The van der Waals surface area contributed by atoms with Crippen LogP contribution in [0.2, 0.25) is 0 Å². The molecule has 0 spiro atoms. The summed E-state index contributed by atoms with van der Waals surface area (Å²) in [6.07, 6.45) is 3.78. The Morgan fingerprint density at radius 2 is 1.83 bits per heavy atom. The number of likely N-dealkylation sites (tertiary alicyclic amines) is 1. The maximum absolute atomic E-state index is 13.0. The van der Waals surface area contributed by atoms with E-state index in [0.717, 1.165) is 51.4 Å². The molecule has 2 saturated heterocycles. The van der Waals surface area contributed by atoms with Gasteiger partial charge >= 0.3 is 0 Å². The van der Waals surface area contributed by atoms with Gasteiger partial charge < -0.3 is 19.5 Å². The van der Waals surface area contributed by atoms with Crippen LogP contribution in [0.4, 0.5) is 0 Å². The van der Waals surface area contributed by atoms with E-state index in [1.54, 1.807) is 11.9 Å². The van der Waals surface area contributed by atoms with Crippen molar-refractivity contribution in [2.45, 2.75) is 43.9 Å². The number of ether oxygens (including phenoxy) is 2. The zero-order valence-electron chi connectivity index (χ0n) is 18.0. The summed E-state index contributed by atoms with van der Waals surface area (Å²) in [7, 11) is 1.80. The smallest absolute Gasteiger partial charge is 0.253 e. The lowest BCUT2D eigenvalue weighted by atomic mass is 10.1. The van der Waals surface area contributed by atoms with Gasteiger partial charge in [0.25, 0.3) is 5.91 Å². The summed E-state index contributed by atoms with van der Waals surface area (Å²) in [6, 6.07) is 7.34. The number of likely N-dealkylation sites (N-methyl/N-ethyl adjacent to an activating group) is 1. The highest BCUT2D eigenvalue weighted by molar-refractivity contribution is 5.94. The van der Waals surface area contributed by atoms with E-state index >= 15 is 0 Å². The Labute approximate surface area is 179 Å². The minimum absolute atomic E-state index is 0.0507. The van der Waals surface area contributed by atoms with Crippen molar-refractivity contribution in [2.75, 3.05) is 59.6 Å². The number of rotatable bonds is 7. The predicted octanol–water partition coefficient (Wildman–Crippen LogP) is 1.46. The summed E-state index contributed by atoms with van der Waals surface area (Å²) in [5, 5.41) is 10.9. The highest BCUT2D eigenvalue weighted by Crippen LogP contribution is 2.29. The molecule has 30 heavy (non-hydrogen) atoms. The van der Waals surface area contributed by atoms with E-state index < -0.39 is 6.10 Å². The molecular formula is C23H35N3O4. The van der Waals surface area contributed by atoms with Crippen LogP contribution in [0.5, 0.6) is 5.75 Å². The van der Waals surface area contributed by atoms with E-state index in [4.69, 9.17) is 9.47 Å². The first kappa shape index (κ1) is 21.6. The largest absolute Gasteiger partial charge is 0.492 e. The first-order chi connectivity index (χ1) is 14.6. The minimum Gasteiger partial charge on any atom is -0.492 e. The summed E-state index contributed by atoms with van der Waals surface area (Å²) in [5.41, 5.74) is 0.631. The van der Waals surface area contributed by atoms with Gasteiger partial charge in [-0.15, -0.1) is 0 Å². The molecule has 0 aromatic heterocycles. The van der Waals surface area contributed by atoms with Crippen LogP contribution in [0.25, 0.3) is 0 Å². The number of nitrogens with zero attached hydrogens (tertiary/aromatic N) is 3. The number of morpholine rings is 1. The summed E-state index contributed by atoms with van der Waals surface area (Å²) in [5.74, 6) is 0.743. The van der Waals surface area contributed by atoms with Crippen molar-refractivity contribution in [2.24, 2.45) is 0 Å². The molecule has 1 aromatic carbocycles. The summed E-state index contributed by atoms with van der Waals surface area (Å²) in [4.78, 5) is 19.4. The summed E-state index contributed by atoms with van der Waals surface area (Å²) >= 11 is 0. The molecule has 1 aliphatic carbocycles. The van der Waals surface area contributed by atoms with Crippen molar-refractivity contribution in [3.8, 4) is 5.75 Å². The van der Waals surface area contributed by atoms with Crippen molar-refractivity contribution < 1.29 is 19.4 Å². The van der Waals surface area contributed by atoms with Crippen LogP contribution < -0.4 is 4.74 Å². The van der Waals surface area contributed by atoms with Gasteiger partial charge in [-0.2, -0.15) is 0 Å². The van der Waals surface area contributed by atoms with E-state index in [2.05, 4.69) is 9.80 Å². The second-order valence-corrected chi connectivity index (χ2v) is 8.69. The molecule has 3 fully saturated rings. The molecule has 7 nitrogen and oxygen atoms in total. The zero-order chi connectivity index (χ0) is 20.9. The van der Waals surface area contributed by atoms with E-state index in [1.165, 1.54) is 25.9 Å². The average molecular weight is 418 g/mol. The number of hydrogen-bond donors (Lipinski definition) is 1. The standard InChI is InChI=1S/C23H35N3O4/c1-24(20-8-9-21(22(20)27)26-13-15-29-16-14-26)23(28)18-4-6-19(7-5-18)30-17-12-25-10-2-3-11-25/h4-7,20-22,27H,2-3,8-17H2,1H3/t20-,21-,22-/m1/s1. The predicted molar refractivity (Wildman–Crippen MR) is 115 cm³/mol. The molecule has 0 bridgehead atoms. The normalized spacial score (nSPS) is 28.0. The number of benzene rings is 1. The van der Waals surface area contributed by atoms with Crippen molar-refractivity contribution in [1.82, 2.24) is 14.7 Å². The van der Waals surface area contributed by atoms with Gasteiger partial charge in [0.05, 0.1) is 25.4 Å². The fourth-order valence-electron chi connectivity index (χ4n) is 5.02. The van der Waals surface area contributed by atoms with Crippen LogP contribution in [-0.4, -0.2) is 103 Å². The van der Waals surface area contributed by atoms with Crippen LogP contribution in [0.3, 0.4) is 0 Å². The minimum atomic E-state index is -0.523. The molecule has 1 N–H and O–H groups in total. The fraction of sp³-hybridized carbons (Fsp3) is 0.696. The molecule has 4 rings (SSSR count). The van der Waals surface area contributed by atoms with Crippen molar-refractivity contribution >= 4 is 5.91 Å². The third kappa shape index (κ3) is 4.97. The van der Waals surface area contributed by atoms with E-state index in [-0.39, 0.29) is 18.0 Å². The van der Waals surface area contributed by atoms with Gasteiger partial charge in [0, 0.05) is 38.3 Å². The fourth-order valence-corrected chi connectivity index (χ4v) is 5.02. The Morgan fingerprint density at radius 1 is 1.13 bits per heavy atom. The van der Waals surface area contributed by atoms with Crippen molar-refractivity contribution in [3.63, 3.8) is 0 Å². The number of hydrogen-bond acceptors (Lipinski definition) is 6. The first-order valence-electron chi connectivity index (χ1n) is 11.4. The third-order valence-electron chi connectivity index (χ3n) is 6.86. The van der Waals surface area contributed by atoms with Gasteiger partial charge in [-0.3, -0.25) is 14.6 Å². The zero-order valence-corrected chi connectivity index (χ0v) is 18.0. The molecule has 2 aliphatic heterocycles. The average Bonchev–Trinajstić information content (AvgIpc) is 3.43. The number of aliphatic hydroxyl groups is 1. The van der Waals surface area contributed by atoms with Gasteiger partial charge in [-0.1, -0.05) is 0 Å². The molecule has 7 heteroatoms. The van der Waals surface area contributed by atoms with Crippen molar-refractivity contribution in [3.05, 3.63) is 29.8 Å². The Kier molecular flexibility index (Phi) is 7.25. The van der Waals surface area contributed by atoms with Crippen LogP contribution in [0, 0.1) is 0 Å². The maximum atomic E-state index is 13.0. The van der Waals surface area contributed by atoms with E-state index in [0.29, 0.717) is 12.2 Å². The highest BCUT2D eigenvalue weighted by atomic mass is 16.5. The number of aliphatic hydroxyl groups excluding tert-OH is 1. The molecular weight excluding hydrogens is 382 g/mol. The Hall–Kier alpha value is -1.67. The van der Waals surface area contributed by atoms with Gasteiger partial charge in [0.15, 0.2) is 0 Å². The van der Waals surface area contributed by atoms with Crippen LogP contribution in [-0.2, 0) is 4.74 Å². The molecule has 1 aromatic rings. The maximum Gasteiger partial charge on any atom is 0.253 e. The van der Waals surface area contributed by atoms with Gasteiger partial charge in [-0.25, -0.2) is 0 Å².